The first-order chi connectivity index (χ1) is 14.7. The summed E-state index contributed by atoms with van der Waals surface area (Å²) in [6.07, 6.45) is -7.07. The number of fused-ring (bicyclic) bond motifs is 1. The van der Waals surface area contributed by atoms with E-state index in [1.165, 1.54) is 0 Å². The van der Waals surface area contributed by atoms with E-state index in [1.54, 1.807) is 18.2 Å². The van der Waals surface area contributed by atoms with Crippen molar-refractivity contribution < 1.29 is 33.0 Å². The second-order valence-corrected chi connectivity index (χ2v) is 7.98. The van der Waals surface area contributed by atoms with E-state index >= 15 is 0 Å². The Balaban J connectivity index is 1.67. The van der Waals surface area contributed by atoms with Gasteiger partial charge in [-0.05, 0) is 58.7 Å². The van der Waals surface area contributed by atoms with E-state index < -0.39 is 43.5 Å². The quantitative estimate of drug-likeness (QED) is 0.492. The minimum atomic E-state index is -1.52. The Bertz CT molecular complexity index is 983. The predicted molar refractivity (Wildman–Crippen MR) is 107 cm³/mol. The maximum Gasteiger partial charge on any atom is 0.113 e. The summed E-state index contributed by atoms with van der Waals surface area (Å²) in [7, 11) is 0. The third-order valence-corrected chi connectivity index (χ3v) is 6.06. The van der Waals surface area contributed by atoms with Crippen LogP contribution in [0.5, 0.6) is 0 Å². The molecule has 1 aliphatic carbocycles. The SMILES string of the molecule is [2H]C1([2H])Cc2cc(Cc3cc([C@@H]4O[C@H](CO)[C@@H](O)[C@H](O)[C@H]4O)c(CO)cc3Cl)ccc21. The molecule has 0 radical (unpaired) electrons. The van der Waals surface area contributed by atoms with Gasteiger partial charge in [-0.1, -0.05) is 35.9 Å². The lowest BCUT2D eigenvalue weighted by Gasteiger charge is -2.41. The van der Waals surface area contributed by atoms with E-state index in [0.29, 0.717) is 40.1 Å². The Morgan fingerprint density at radius 3 is 2.45 bits per heavy atom. The Morgan fingerprint density at radius 2 is 1.79 bits per heavy atom. The molecule has 29 heavy (non-hydrogen) atoms. The number of aliphatic hydroxyl groups excluding tert-OH is 5. The van der Waals surface area contributed by atoms with Crippen molar-refractivity contribution in [2.24, 2.45) is 0 Å². The fourth-order valence-electron chi connectivity index (χ4n) is 3.95. The van der Waals surface area contributed by atoms with Crippen LogP contribution < -0.4 is 0 Å². The second-order valence-electron chi connectivity index (χ2n) is 7.57. The Hall–Kier alpha value is -1.51. The molecule has 156 valence electrons. The van der Waals surface area contributed by atoms with Crippen molar-refractivity contribution in [1.82, 2.24) is 0 Å². The van der Waals surface area contributed by atoms with Crippen LogP contribution in [0.2, 0.25) is 5.02 Å². The number of aliphatic hydroxyl groups is 5. The number of aryl methyl sites for hydroxylation is 2. The zero-order chi connectivity index (χ0) is 22.5. The molecule has 2 aliphatic rings. The Kier molecular flexibility index (Phi) is 5.24. The number of hydrogen-bond acceptors (Lipinski definition) is 6. The van der Waals surface area contributed by atoms with Crippen molar-refractivity contribution in [1.29, 1.82) is 0 Å². The molecule has 7 heteroatoms. The minimum absolute atomic E-state index is 0.365. The van der Waals surface area contributed by atoms with Gasteiger partial charge in [-0.15, -0.1) is 0 Å². The smallest absolute Gasteiger partial charge is 0.113 e. The summed E-state index contributed by atoms with van der Waals surface area (Å²) in [4.78, 5) is 0. The van der Waals surface area contributed by atoms with Gasteiger partial charge in [0.15, 0.2) is 0 Å². The summed E-state index contributed by atoms with van der Waals surface area (Å²) in [5.41, 5.74) is 4.11. The van der Waals surface area contributed by atoms with E-state index in [2.05, 4.69) is 0 Å². The van der Waals surface area contributed by atoms with Crippen LogP contribution in [0.3, 0.4) is 0 Å². The molecule has 1 fully saturated rings. The number of halogens is 1. The van der Waals surface area contributed by atoms with Gasteiger partial charge in [0.2, 0.25) is 0 Å². The first kappa shape index (κ1) is 18.3. The van der Waals surface area contributed by atoms with Gasteiger partial charge in [0.25, 0.3) is 0 Å². The largest absolute Gasteiger partial charge is 0.394 e. The highest BCUT2D eigenvalue weighted by molar-refractivity contribution is 6.31. The zero-order valence-corrected chi connectivity index (χ0v) is 16.4. The van der Waals surface area contributed by atoms with Crippen LogP contribution in [-0.2, 0) is 30.6 Å². The summed E-state index contributed by atoms with van der Waals surface area (Å²) >= 11 is 6.44. The van der Waals surface area contributed by atoms with Gasteiger partial charge < -0.3 is 30.3 Å². The molecule has 1 aliphatic heterocycles. The molecule has 5 N–H and O–H groups in total. The summed E-state index contributed by atoms with van der Waals surface area (Å²) in [5, 5.41) is 50.4. The highest BCUT2D eigenvalue weighted by Gasteiger charge is 2.44. The van der Waals surface area contributed by atoms with Crippen LogP contribution in [0.1, 0.15) is 42.2 Å². The lowest BCUT2D eigenvalue weighted by Crippen LogP contribution is -2.55. The van der Waals surface area contributed by atoms with Crippen LogP contribution in [-0.4, -0.2) is 56.6 Å². The Labute approximate surface area is 176 Å². The van der Waals surface area contributed by atoms with Crippen LogP contribution in [0, 0.1) is 0 Å². The third-order valence-electron chi connectivity index (χ3n) is 5.71. The van der Waals surface area contributed by atoms with Crippen molar-refractivity contribution in [3.8, 4) is 0 Å². The van der Waals surface area contributed by atoms with Crippen molar-refractivity contribution in [2.75, 3.05) is 6.61 Å². The van der Waals surface area contributed by atoms with E-state index in [4.69, 9.17) is 19.1 Å². The van der Waals surface area contributed by atoms with Gasteiger partial charge in [-0.25, -0.2) is 0 Å². The standard InChI is InChI=1S/C22H25ClO6/c23-17-8-15(9-24)16(22-21(28)20(27)19(26)18(10-25)29-22)7-14(17)6-11-1-2-12-3-4-13(12)5-11/h1-2,5,7-8,18-22,24-28H,3-4,6,9-10H2/t18-,19-,20+,21-,22+/m1/s1/i3D2. The Morgan fingerprint density at radius 1 is 1.00 bits per heavy atom. The lowest BCUT2D eigenvalue weighted by atomic mass is 9.85. The minimum Gasteiger partial charge on any atom is -0.394 e. The summed E-state index contributed by atoms with van der Waals surface area (Å²) in [6, 6.07) is 8.84. The maximum atomic E-state index is 10.5. The first-order valence-electron chi connectivity index (χ1n) is 10.5. The molecule has 2 aromatic carbocycles. The predicted octanol–water partition coefficient (Wildman–Crippen LogP) is 1.04. The molecule has 2 aromatic rings. The molecule has 1 heterocycles. The number of rotatable bonds is 5. The third kappa shape index (κ3) is 3.82. The molecule has 5 atom stereocenters. The van der Waals surface area contributed by atoms with Crippen LogP contribution in [0.4, 0.5) is 0 Å². The van der Waals surface area contributed by atoms with Crippen LogP contribution in [0.25, 0.3) is 0 Å². The molecule has 0 amide bonds. The normalized spacial score (nSPS) is 31.4. The number of hydrogen-bond donors (Lipinski definition) is 5. The van der Waals surface area contributed by atoms with E-state index in [0.717, 1.165) is 11.1 Å². The number of benzene rings is 2. The molecule has 4 rings (SSSR count). The molecule has 1 saturated heterocycles. The molecule has 0 bridgehead atoms. The highest BCUT2D eigenvalue weighted by atomic mass is 35.5. The van der Waals surface area contributed by atoms with Crippen LogP contribution >= 0.6 is 11.6 Å². The van der Waals surface area contributed by atoms with Gasteiger partial charge >= 0.3 is 0 Å². The second kappa shape index (κ2) is 8.32. The van der Waals surface area contributed by atoms with Crippen molar-refractivity contribution >= 4 is 11.6 Å². The van der Waals surface area contributed by atoms with E-state index in [1.807, 2.05) is 12.1 Å². The van der Waals surface area contributed by atoms with Gasteiger partial charge in [-0.3, -0.25) is 0 Å². The molecular formula is C22H25ClO6. The average Bonchev–Trinajstić information content (AvgIpc) is 2.73. The van der Waals surface area contributed by atoms with E-state index in [9.17, 15) is 25.5 Å². The maximum absolute atomic E-state index is 10.5. The summed E-state index contributed by atoms with van der Waals surface area (Å²) < 4.78 is 21.4. The van der Waals surface area contributed by atoms with Gasteiger partial charge in [0.1, 0.15) is 30.5 Å². The summed E-state index contributed by atoms with van der Waals surface area (Å²) in [6.45, 7) is -0.919. The molecular weight excluding hydrogens is 396 g/mol. The van der Waals surface area contributed by atoms with E-state index in [-0.39, 0.29) is 6.61 Å². The average molecular weight is 423 g/mol. The molecule has 0 spiro atoms. The number of ether oxygens (including phenoxy) is 1. The van der Waals surface area contributed by atoms with Crippen molar-refractivity contribution in [2.45, 2.75) is 56.3 Å². The highest BCUT2D eigenvalue weighted by Crippen LogP contribution is 2.37. The fourth-order valence-corrected chi connectivity index (χ4v) is 4.21. The zero-order valence-electron chi connectivity index (χ0n) is 17.6. The van der Waals surface area contributed by atoms with Crippen molar-refractivity contribution in [3.63, 3.8) is 0 Å². The molecule has 6 nitrogen and oxygen atoms in total. The van der Waals surface area contributed by atoms with Gasteiger partial charge in [-0.2, -0.15) is 0 Å². The molecule has 0 aromatic heterocycles. The van der Waals surface area contributed by atoms with Gasteiger partial charge in [0, 0.05) is 7.76 Å². The summed E-state index contributed by atoms with van der Waals surface area (Å²) in [5.74, 6) is 0. The monoisotopic (exact) mass is 422 g/mol. The lowest BCUT2D eigenvalue weighted by molar-refractivity contribution is -0.232. The first-order valence-corrected chi connectivity index (χ1v) is 9.89. The fraction of sp³-hybridized carbons (Fsp3) is 0.455. The van der Waals surface area contributed by atoms with Gasteiger partial charge in [0.05, 0.1) is 13.2 Å². The van der Waals surface area contributed by atoms with Crippen LogP contribution in [0.15, 0.2) is 30.3 Å². The topological polar surface area (TPSA) is 110 Å². The van der Waals surface area contributed by atoms with Crippen molar-refractivity contribution in [3.05, 3.63) is 68.7 Å². The molecule has 0 saturated carbocycles. The molecule has 0 unspecified atom stereocenters.